The van der Waals surface area contributed by atoms with Gasteiger partial charge in [0, 0.05) is 30.5 Å². The van der Waals surface area contributed by atoms with E-state index < -0.39 is 5.54 Å². The molecule has 1 fully saturated rings. The van der Waals surface area contributed by atoms with Crippen molar-refractivity contribution in [2.45, 2.75) is 24.9 Å². The standard InChI is InChI=1S/C20H22N6O2.ClH/c27-18(20(6-10-21-11-7-20)26-13-3-9-23-26)24-17-5-1-4-16(14-17)15-25-12-2-8-22-19(25)28;/h1-5,8-9,12-14,21H,6-7,10-11,15H2,(H,24,27);1H. The molecule has 9 heteroatoms. The van der Waals surface area contributed by atoms with Crippen molar-refractivity contribution in [2.75, 3.05) is 18.4 Å². The third-order valence-corrected chi connectivity index (χ3v) is 5.12. The van der Waals surface area contributed by atoms with E-state index in [0.717, 1.165) is 18.7 Å². The van der Waals surface area contributed by atoms with Gasteiger partial charge in [-0.2, -0.15) is 5.10 Å². The Morgan fingerprint density at radius 1 is 1.14 bits per heavy atom. The van der Waals surface area contributed by atoms with Gasteiger partial charge in [0.25, 0.3) is 5.91 Å². The van der Waals surface area contributed by atoms with E-state index in [1.807, 2.05) is 36.5 Å². The molecule has 0 saturated carbocycles. The Balaban J connectivity index is 0.00000240. The van der Waals surface area contributed by atoms with Gasteiger partial charge in [-0.15, -0.1) is 12.4 Å². The van der Waals surface area contributed by atoms with Crippen molar-refractivity contribution in [1.29, 1.82) is 0 Å². The monoisotopic (exact) mass is 414 g/mol. The van der Waals surface area contributed by atoms with Crippen LogP contribution in [0.1, 0.15) is 18.4 Å². The highest BCUT2D eigenvalue weighted by Gasteiger charge is 2.42. The maximum atomic E-state index is 13.2. The Morgan fingerprint density at radius 3 is 2.66 bits per heavy atom. The number of hydrogen-bond donors (Lipinski definition) is 2. The first-order valence-electron chi connectivity index (χ1n) is 9.30. The third-order valence-electron chi connectivity index (χ3n) is 5.12. The van der Waals surface area contributed by atoms with Gasteiger partial charge in [0.05, 0.1) is 6.54 Å². The number of carbonyl (C=O) groups is 1. The third kappa shape index (κ3) is 4.38. The lowest BCUT2D eigenvalue weighted by Crippen LogP contribution is -2.52. The summed E-state index contributed by atoms with van der Waals surface area (Å²) in [6, 6.07) is 11.1. The molecule has 0 unspecified atom stereocenters. The predicted octanol–water partition coefficient (Wildman–Crippen LogP) is 1.63. The Bertz CT molecular complexity index is 1010. The van der Waals surface area contributed by atoms with Crippen LogP contribution in [0.5, 0.6) is 0 Å². The van der Waals surface area contributed by atoms with Gasteiger partial charge >= 0.3 is 5.69 Å². The molecule has 0 bridgehead atoms. The van der Waals surface area contributed by atoms with Crippen LogP contribution in [-0.2, 0) is 16.9 Å². The summed E-state index contributed by atoms with van der Waals surface area (Å²) in [5, 5.41) is 10.7. The van der Waals surface area contributed by atoms with Crippen LogP contribution < -0.4 is 16.3 Å². The molecule has 2 aromatic heterocycles. The molecule has 4 rings (SSSR count). The van der Waals surface area contributed by atoms with E-state index in [2.05, 4.69) is 20.7 Å². The SMILES string of the molecule is Cl.O=C(Nc1cccc(Cn2cccnc2=O)c1)C1(n2cccn2)CCNCC1. The Labute approximate surface area is 174 Å². The van der Waals surface area contributed by atoms with Gasteiger partial charge in [-0.1, -0.05) is 12.1 Å². The van der Waals surface area contributed by atoms with Crippen molar-refractivity contribution >= 4 is 24.0 Å². The van der Waals surface area contributed by atoms with Gasteiger partial charge in [0.1, 0.15) is 5.54 Å². The van der Waals surface area contributed by atoms with Crippen molar-refractivity contribution < 1.29 is 4.79 Å². The lowest BCUT2D eigenvalue weighted by molar-refractivity contribution is -0.126. The number of nitrogens with zero attached hydrogens (tertiary/aromatic N) is 4. The molecule has 3 aromatic rings. The first-order valence-corrected chi connectivity index (χ1v) is 9.30. The summed E-state index contributed by atoms with van der Waals surface area (Å²) in [7, 11) is 0. The highest BCUT2D eigenvalue weighted by molar-refractivity contribution is 5.96. The van der Waals surface area contributed by atoms with E-state index >= 15 is 0 Å². The molecule has 152 valence electrons. The molecule has 0 radical (unpaired) electrons. The lowest BCUT2D eigenvalue weighted by Gasteiger charge is -2.36. The molecule has 1 aliphatic rings. The lowest BCUT2D eigenvalue weighted by atomic mass is 9.87. The van der Waals surface area contributed by atoms with Crippen LogP contribution in [0.4, 0.5) is 5.69 Å². The number of aromatic nitrogens is 4. The summed E-state index contributed by atoms with van der Waals surface area (Å²) in [5.41, 5.74) is 0.602. The molecule has 1 aromatic carbocycles. The van der Waals surface area contributed by atoms with Gasteiger partial charge in [0.2, 0.25) is 0 Å². The zero-order valence-electron chi connectivity index (χ0n) is 15.8. The van der Waals surface area contributed by atoms with Crippen LogP contribution in [-0.4, -0.2) is 38.3 Å². The number of hydrogen-bond acceptors (Lipinski definition) is 5. The zero-order chi connectivity index (χ0) is 19.4. The number of nitrogens with one attached hydrogen (secondary N) is 2. The molecular weight excluding hydrogens is 392 g/mol. The van der Waals surface area contributed by atoms with Gasteiger partial charge < -0.3 is 10.6 Å². The number of amides is 1. The Morgan fingerprint density at radius 2 is 1.93 bits per heavy atom. The summed E-state index contributed by atoms with van der Waals surface area (Å²) >= 11 is 0. The zero-order valence-corrected chi connectivity index (χ0v) is 16.6. The highest BCUT2D eigenvalue weighted by atomic mass is 35.5. The van der Waals surface area contributed by atoms with Crippen molar-refractivity contribution in [3.05, 3.63) is 77.2 Å². The number of anilines is 1. The molecule has 8 nitrogen and oxygen atoms in total. The highest BCUT2D eigenvalue weighted by Crippen LogP contribution is 2.28. The van der Waals surface area contributed by atoms with Crippen molar-refractivity contribution in [2.24, 2.45) is 0 Å². The van der Waals surface area contributed by atoms with Crippen LogP contribution in [0, 0.1) is 0 Å². The number of benzene rings is 1. The van der Waals surface area contributed by atoms with E-state index in [4.69, 9.17) is 0 Å². The second-order valence-corrected chi connectivity index (χ2v) is 6.92. The fourth-order valence-electron chi connectivity index (χ4n) is 3.62. The Kier molecular flexibility index (Phi) is 6.46. The summed E-state index contributed by atoms with van der Waals surface area (Å²) in [4.78, 5) is 28.8. The molecule has 2 N–H and O–H groups in total. The normalized spacial score (nSPS) is 15.3. The van der Waals surface area contributed by atoms with Crippen LogP contribution in [0.2, 0.25) is 0 Å². The summed E-state index contributed by atoms with van der Waals surface area (Å²) in [6.07, 6.45) is 8.06. The molecule has 1 amide bonds. The van der Waals surface area contributed by atoms with Gasteiger partial charge in [-0.25, -0.2) is 9.78 Å². The number of carbonyl (C=O) groups excluding carboxylic acids is 1. The van der Waals surface area contributed by atoms with Gasteiger partial charge in [0.15, 0.2) is 0 Å². The molecule has 0 atom stereocenters. The molecule has 0 aliphatic carbocycles. The average molecular weight is 415 g/mol. The number of piperidine rings is 1. The Hall–Kier alpha value is -2.97. The first-order chi connectivity index (χ1) is 13.7. The topological polar surface area (TPSA) is 93.8 Å². The van der Waals surface area contributed by atoms with Crippen LogP contribution in [0.3, 0.4) is 0 Å². The second-order valence-electron chi connectivity index (χ2n) is 6.92. The van der Waals surface area contributed by atoms with Gasteiger partial charge in [-0.05, 0) is 55.8 Å². The summed E-state index contributed by atoms with van der Waals surface area (Å²) < 4.78 is 3.29. The van der Waals surface area contributed by atoms with Crippen molar-refractivity contribution in [3.63, 3.8) is 0 Å². The van der Waals surface area contributed by atoms with Crippen molar-refractivity contribution in [3.8, 4) is 0 Å². The largest absolute Gasteiger partial charge is 0.347 e. The molecular formula is C20H23ClN6O2. The molecule has 29 heavy (non-hydrogen) atoms. The predicted molar refractivity (Wildman–Crippen MR) is 112 cm³/mol. The smallest absolute Gasteiger partial charge is 0.324 e. The summed E-state index contributed by atoms with van der Waals surface area (Å²) in [5.74, 6) is -0.0756. The minimum absolute atomic E-state index is 0. The van der Waals surface area contributed by atoms with E-state index in [-0.39, 0.29) is 24.0 Å². The van der Waals surface area contributed by atoms with E-state index in [1.54, 1.807) is 23.1 Å². The van der Waals surface area contributed by atoms with E-state index in [0.29, 0.717) is 25.1 Å². The minimum Gasteiger partial charge on any atom is -0.324 e. The number of rotatable bonds is 5. The molecule has 3 heterocycles. The fraction of sp³-hybridized carbons (Fsp3) is 0.300. The van der Waals surface area contributed by atoms with Crippen LogP contribution in [0.15, 0.2) is 66.0 Å². The second kappa shape index (κ2) is 9.02. The quantitative estimate of drug-likeness (QED) is 0.661. The van der Waals surface area contributed by atoms with Crippen LogP contribution >= 0.6 is 12.4 Å². The molecule has 1 saturated heterocycles. The molecule has 1 aliphatic heterocycles. The first kappa shape index (κ1) is 20.8. The van der Waals surface area contributed by atoms with E-state index in [1.165, 1.54) is 10.8 Å². The van der Waals surface area contributed by atoms with Gasteiger partial charge in [-0.3, -0.25) is 14.0 Å². The van der Waals surface area contributed by atoms with Crippen LogP contribution in [0.25, 0.3) is 0 Å². The number of halogens is 1. The molecule has 0 spiro atoms. The average Bonchev–Trinajstić information content (AvgIpc) is 3.26. The minimum atomic E-state index is -0.703. The maximum absolute atomic E-state index is 13.2. The van der Waals surface area contributed by atoms with Crippen molar-refractivity contribution in [1.82, 2.24) is 24.6 Å². The summed E-state index contributed by atoms with van der Waals surface area (Å²) in [6.45, 7) is 1.92. The maximum Gasteiger partial charge on any atom is 0.347 e. The van der Waals surface area contributed by atoms with E-state index in [9.17, 15) is 9.59 Å². The fourth-order valence-corrected chi connectivity index (χ4v) is 3.62.